The number of aliphatic hydroxyl groups is 1. The van der Waals surface area contributed by atoms with E-state index in [-0.39, 0.29) is 18.0 Å². The van der Waals surface area contributed by atoms with E-state index in [1.807, 2.05) is 6.92 Å². The summed E-state index contributed by atoms with van der Waals surface area (Å²) >= 11 is 0. The van der Waals surface area contributed by atoms with Gasteiger partial charge in [-0.15, -0.1) is 0 Å². The summed E-state index contributed by atoms with van der Waals surface area (Å²) in [6.45, 7) is 1.86. The summed E-state index contributed by atoms with van der Waals surface area (Å²) < 4.78 is 0. The number of Topliss-reactive ketones (excluding diaryl/α,β-unsaturated/α-hetero) is 1. The van der Waals surface area contributed by atoms with Crippen LogP contribution in [-0.2, 0) is 4.79 Å². The first-order chi connectivity index (χ1) is 3.75. The molecule has 1 rings (SSSR count). The maximum Gasteiger partial charge on any atom is 0.169 e. The summed E-state index contributed by atoms with van der Waals surface area (Å²) in [6.07, 6.45) is 0.938. The molecule has 44 valence electrons. The molecule has 0 fully saturated rings. The van der Waals surface area contributed by atoms with Crippen molar-refractivity contribution >= 4 is 5.78 Å². The van der Waals surface area contributed by atoms with Crippen LogP contribution < -0.4 is 0 Å². The lowest BCUT2D eigenvalue weighted by molar-refractivity contribution is -0.117. The van der Waals surface area contributed by atoms with Crippen molar-refractivity contribution in [2.24, 2.45) is 0 Å². The standard InChI is InChI=1S/C6H8O2/c1-2-4-5(7)3-6(4)8/h7H,2-3H2,1H3. The van der Waals surface area contributed by atoms with Crippen LogP contribution in [0, 0.1) is 0 Å². The average molecular weight is 112 g/mol. The van der Waals surface area contributed by atoms with Gasteiger partial charge in [0, 0.05) is 5.57 Å². The minimum Gasteiger partial charge on any atom is -0.511 e. The SMILES string of the molecule is CCC1=C(O)CC1=O. The van der Waals surface area contributed by atoms with Gasteiger partial charge < -0.3 is 5.11 Å². The maximum atomic E-state index is 10.5. The molecule has 0 heterocycles. The average Bonchev–Trinajstić information content (AvgIpc) is 1.67. The van der Waals surface area contributed by atoms with E-state index in [9.17, 15) is 4.79 Å². The quantitative estimate of drug-likeness (QED) is 0.553. The fourth-order valence-electron chi connectivity index (χ4n) is 0.821. The van der Waals surface area contributed by atoms with E-state index in [0.717, 1.165) is 0 Å². The third kappa shape index (κ3) is 0.529. The first-order valence-electron chi connectivity index (χ1n) is 2.70. The first kappa shape index (κ1) is 5.35. The molecule has 0 spiro atoms. The van der Waals surface area contributed by atoms with E-state index < -0.39 is 0 Å². The minimum absolute atomic E-state index is 0.102. The monoisotopic (exact) mass is 112 g/mol. The van der Waals surface area contributed by atoms with Crippen molar-refractivity contribution in [2.45, 2.75) is 19.8 Å². The van der Waals surface area contributed by atoms with Crippen molar-refractivity contribution in [1.29, 1.82) is 0 Å². The van der Waals surface area contributed by atoms with E-state index in [2.05, 4.69) is 0 Å². The molecular formula is C6H8O2. The topological polar surface area (TPSA) is 37.3 Å². The van der Waals surface area contributed by atoms with Gasteiger partial charge in [0.05, 0.1) is 6.42 Å². The van der Waals surface area contributed by atoms with Crippen molar-refractivity contribution < 1.29 is 9.90 Å². The Kier molecular flexibility index (Phi) is 1.08. The highest BCUT2D eigenvalue weighted by atomic mass is 16.3. The fraction of sp³-hybridized carbons (Fsp3) is 0.500. The molecule has 0 atom stereocenters. The molecule has 0 aliphatic heterocycles. The van der Waals surface area contributed by atoms with Gasteiger partial charge in [-0.2, -0.15) is 0 Å². The van der Waals surface area contributed by atoms with Gasteiger partial charge in [0.2, 0.25) is 0 Å². The largest absolute Gasteiger partial charge is 0.511 e. The Bertz CT molecular complexity index is 156. The zero-order valence-corrected chi connectivity index (χ0v) is 4.77. The Labute approximate surface area is 47.8 Å². The minimum atomic E-state index is 0.102. The summed E-state index contributed by atoms with van der Waals surface area (Å²) in [6, 6.07) is 0. The van der Waals surface area contributed by atoms with Gasteiger partial charge in [-0.05, 0) is 6.42 Å². The smallest absolute Gasteiger partial charge is 0.169 e. The molecule has 0 aromatic rings. The molecule has 0 saturated heterocycles. The molecule has 1 N–H and O–H groups in total. The number of carbonyl (C=O) groups excluding carboxylic acids is 1. The number of carbonyl (C=O) groups is 1. The van der Waals surface area contributed by atoms with Crippen LogP contribution in [-0.4, -0.2) is 10.9 Å². The lowest BCUT2D eigenvalue weighted by Gasteiger charge is -2.14. The highest BCUT2D eigenvalue weighted by Crippen LogP contribution is 2.23. The van der Waals surface area contributed by atoms with Crippen molar-refractivity contribution in [3.63, 3.8) is 0 Å². The van der Waals surface area contributed by atoms with E-state index in [1.54, 1.807) is 0 Å². The number of rotatable bonds is 1. The predicted octanol–water partition coefficient (Wildman–Crippen LogP) is 1.18. The van der Waals surface area contributed by atoms with Crippen LogP contribution in [0.3, 0.4) is 0 Å². The van der Waals surface area contributed by atoms with Crippen LogP contribution in [0.4, 0.5) is 0 Å². The molecule has 2 nitrogen and oxygen atoms in total. The Morgan fingerprint density at radius 3 is 2.50 bits per heavy atom. The molecule has 0 amide bonds. The number of aliphatic hydroxyl groups excluding tert-OH is 1. The molecule has 0 aromatic carbocycles. The second kappa shape index (κ2) is 1.62. The third-order valence-corrected chi connectivity index (χ3v) is 1.37. The van der Waals surface area contributed by atoms with Crippen LogP contribution >= 0.6 is 0 Å². The molecule has 0 aromatic heterocycles. The zero-order chi connectivity index (χ0) is 6.15. The summed E-state index contributed by atoms with van der Waals surface area (Å²) in [5, 5.41) is 8.74. The molecule has 0 bridgehead atoms. The molecule has 0 saturated carbocycles. The van der Waals surface area contributed by atoms with Gasteiger partial charge in [-0.3, -0.25) is 4.79 Å². The molecule has 0 radical (unpaired) electrons. The Hall–Kier alpha value is -0.790. The lowest BCUT2D eigenvalue weighted by Crippen LogP contribution is -2.16. The highest BCUT2D eigenvalue weighted by Gasteiger charge is 2.24. The fourth-order valence-corrected chi connectivity index (χ4v) is 0.821. The van der Waals surface area contributed by atoms with E-state index >= 15 is 0 Å². The van der Waals surface area contributed by atoms with Gasteiger partial charge >= 0.3 is 0 Å². The van der Waals surface area contributed by atoms with Gasteiger partial charge in [0.1, 0.15) is 5.76 Å². The van der Waals surface area contributed by atoms with Crippen molar-refractivity contribution in [3.05, 3.63) is 11.3 Å². The van der Waals surface area contributed by atoms with Crippen LogP contribution in [0.2, 0.25) is 0 Å². The lowest BCUT2D eigenvalue weighted by atomic mass is 9.93. The number of allylic oxidation sites excluding steroid dienone is 2. The normalized spacial score (nSPS) is 18.9. The van der Waals surface area contributed by atoms with Crippen LogP contribution in [0.5, 0.6) is 0 Å². The summed E-state index contributed by atoms with van der Waals surface area (Å²) in [5.74, 6) is 0.391. The van der Waals surface area contributed by atoms with Crippen molar-refractivity contribution in [3.8, 4) is 0 Å². The molecular weight excluding hydrogens is 104 g/mol. The van der Waals surface area contributed by atoms with E-state index in [4.69, 9.17) is 5.11 Å². The van der Waals surface area contributed by atoms with Crippen LogP contribution in [0.1, 0.15) is 19.8 Å². The van der Waals surface area contributed by atoms with Crippen molar-refractivity contribution in [2.75, 3.05) is 0 Å². The molecule has 0 unspecified atom stereocenters. The van der Waals surface area contributed by atoms with Crippen LogP contribution in [0.25, 0.3) is 0 Å². The summed E-state index contributed by atoms with van der Waals surface area (Å²) in [4.78, 5) is 10.5. The van der Waals surface area contributed by atoms with Crippen LogP contribution in [0.15, 0.2) is 11.3 Å². The van der Waals surface area contributed by atoms with Gasteiger partial charge in [-0.1, -0.05) is 6.92 Å². The number of hydrogen-bond acceptors (Lipinski definition) is 2. The molecule has 8 heavy (non-hydrogen) atoms. The first-order valence-corrected chi connectivity index (χ1v) is 2.70. The van der Waals surface area contributed by atoms with Gasteiger partial charge in [0.15, 0.2) is 5.78 Å². The molecule has 2 heteroatoms. The predicted molar refractivity (Wildman–Crippen MR) is 29.6 cm³/mol. The van der Waals surface area contributed by atoms with Crippen molar-refractivity contribution in [1.82, 2.24) is 0 Å². The Balaban J connectivity index is 2.74. The van der Waals surface area contributed by atoms with E-state index in [1.165, 1.54) is 0 Å². The summed E-state index contributed by atoms with van der Waals surface area (Å²) in [5.41, 5.74) is 0.616. The van der Waals surface area contributed by atoms with Gasteiger partial charge in [-0.25, -0.2) is 0 Å². The zero-order valence-electron chi connectivity index (χ0n) is 4.77. The number of hydrogen-bond donors (Lipinski definition) is 1. The Morgan fingerprint density at radius 1 is 1.75 bits per heavy atom. The Morgan fingerprint density at radius 2 is 2.38 bits per heavy atom. The number of ketones is 1. The highest BCUT2D eigenvalue weighted by molar-refractivity contribution is 6.03. The maximum absolute atomic E-state index is 10.5. The van der Waals surface area contributed by atoms with E-state index in [0.29, 0.717) is 12.0 Å². The second-order valence-corrected chi connectivity index (χ2v) is 1.88. The third-order valence-electron chi connectivity index (χ3n) is 1.37. The summed E-state index contributed by atoms with van der Waals surface area (Å²) in [7, 11) is 0. The second-order valence-electron chi connectivity index (χ2n) is 1.88. The molecule has 1 aliphatic rings. The van der Waals surface area contributed by atoms with Gasteiger partial charge in [0.25, 0.3) is 0 Å². The molecule has 1 aliphatic carbocycles.